The minimum Gasteiger partial charge on any atom is -0.370 e. The molecule has 0 spiro atoms. The first-order chi connectivity index (χ1) is 5.41. The van der Waals surface area contributed by atoms with Crippen LogP contribution in [0.5, 0.6) is 0 Å². The molecule has 1 rings (SSSR count). The van der Waals surface area contributed by atoms with Gasteiger partial charge in [0.2, 0.25) is 5.44 Å². The first-order valence-corrected chi connectivity index (χ1v) is 5.36. The molecule has 8 heteroatoms. The SMILES string of the molecule is O=S(=O)(O)C(O)c1ncc(Cl)s1. The van der Waals surface area contributed by atoms with Crippen LogP contribution in [0.1, 0.15) is 10.4 Å². The number of halogens is 1. The van der Waals surface area contributed by atoms with Gasteiger partial charge in [-0.25, -0.2) is 4.98 Å². The number of rotatable bonds is 2. The summed E-state index contributed by atoms with van der Waals surface area (Å²) >= 11 is 6.21. The van der Waals surface area contributed by atoms with Crippen molar-refractivity contribution in [2.45, 2.75) is 5.44 Å². The van der Waals surface area contributed by atoms with Crippen molar-refractivity contribution in [2.75, 3.05) is 0 Å². The fourth-order valence-electron chi connectivity index (χ4n) is 0.509. The topological polar surface area (TPSA) is 87.5 Å². The van der Waals surface area contributed by atoms with Crippen LogP contribution in [-0.4, -0.2) is 23.1 Å². The minimum atomic E-state index is -4.50. The zero-order valence-corrected chi connectivity index (χ0v) is 7.90. The number of aromatic nitrogens is 1. The van der Waals surface area contributed by atoms with Crippen molar-refractivity contribution >= 4 is 33.1 Å². The lowest BCUT2D eigenvalue weighted by molar-refractivity contribution is 0.238. The van der Waals surface area contributed by atoms with E-state index in [-0.39, 0.29) is 9.34 Å². The highest BCUT2D eigenvalue weighted by molar-refractivity contribution is 7.86. The van der Waals surface area contributed by atoms with Crippen LogP contribution in [0, 0.1) is 0 Å². The van der Waals surface area contributed by atoms with Crippen molar-refractivity contribution < 1.29 is 18.1 Å². The van der Waals surface area contributed by atoms with Gasteiger partial charge in [-0.2, -0.15) is 8.42 Å². The molecule has 0 amide bonds. The van der Waals surface area contributed by atoms with Crippen LogP contribution in [0.15, 0.2) is 6.20 Å². The first kappa shape index (κ1) is 9.87. The molecular formula is C4H4ClNO4S2. The Kier molecular flexibility index (Phi) is 2.69. The predicted molar refractivity (Wildman–Crippen MR) is 43.6 cm³/mol. The summed E-state index contributed by atoms with van der Waals surface area (Å²) < 4.78 is 29.4. The van der Waals surface area contributed by atoms with Crippen molar-refractivity contribution in [3.63, 3.8) is 0 Å². The van der Waals surface area contributed by atoms with Crippen LogP contribution < -0.4 is 0 Å². The normalized spacial score (nSPS) is 14.6. The molecule has 0 fully saturated rings. The average Bonchev–Trinajstić information content (AvgIpc) is 2.32. The maximum Gasteiger partial charge on any atom is 0.298 e. The molecule has 1 atom stereocenters. The molecule has 0 aliphatic carbocycles. The van der Waals surface area contributed by atoms with Gasteiger partial charge < -0.3 is 5.11 Å². The quantitative estimate of drug-likeness (QED) is 0.728. The molecule has 0 radical (unpaired) electrons. The van der Waals surface area contributed by atoms with E-state index in [9.17, 15) is 8.42 Å². The predicted octanol–water partition coefficient (Wildman–Crippen LogP) is 0.675. The number of thiazole rings is 1. The molecule has 0 aromatic carbocycles. The van der Waals surface area contributed by atoms with E-state index in [4.69, 9.17) is 21.3 Å². The van der Waals surface area contributed by atoms with Crippen molar-refractivity contribution in [1.29, 1.82) is 0 Å². The highest BCUT2D eigenvalue weighted by atomic mass is 35.5. The molecule has 1 heterocycles. The van der Waals surface area contributed by atoms with Gasteiger partial charge in [-0.3, -0.25) is 4.55 Å². The number of aliphatic hydroxyl groups excluding tert-OH is 1. The summed E-state index contributed by atoms with van der Waals surface area (Å²) in [5, 5.41) is 8.77. The molecule has 1 unspecified atom stereocenters. The third-order valence-corrected chi connectivity index (χ3v) is 3.09. The van der Waals surface area contributed by atoms with E-state index in [0.717, 1.165) is 11.3 Å². The van der Waals surface area contributed by atoms with Crippen LogP contribution in [-0.2, 0) is 10.1 Å². The van der Waals surface area contributed by atoms with E-state index in [1.807, 2.05) is 0 Å². The number of hydrogen-bond acceptors (Lipinski definition) is 5. The highest BCUT2D eigenvalue weighted by Gasteiger charge is 2.24. The zero-order valence-electron chi connectivity index (χ0n) is 5.51. The van der Waals surface area contributed by atoms with Gasteiger partial charge in [0, 0.05) is 0 Å². The lowest BCUT2D eigenvalue weighted by Crippen LogP contribution is -2.10. The molecule has 2 N–H and O–H groups in total. The Labute approximate surface area is 77.4 Å². The Bertz CT molecular complexity index is 372. The molecule has 0 aliphatic rings. The minimum absolute atomic E-state index is 0.150. The fourth-order valence-corrected chi connectivity index (χ4v) is 2.13. The molecule has 0 saturated carbocycles. The Morgan fingerprint density at radius 3 is 2.58 bits per heavy atom. The van der Waals surface area contributed by atoms with Crippen LogP contribution in [0.2, 0.25) is 4.34 Å². The van der Waals surface area contributed by atoms with Gasteiger partial charge in [-0.15, -0.1) is 11.3 Å². The summed E-state index contributed by atoms with van der Waals surface area (Å²) in [5.41, 5.74) is -2.00. The number of nitrogens with zero attached hydrogens (tertiary/aromatic N) is 1. The molecule has 0 saturated heterocycles. The van der Waals surface area contributed by atoms with Gasteiger partial charge in [-0.1, -0.05) is 11.6 Å². The van der Waals surface area contributed by atoms with Crippen LogP contribution in [0.25, 0.3) is 0 Å². The van der Waals surface area contributed by atoms with Gasteiger partial charge in [0.15, 0.2) is 0 Å². The average molecular weight is 230 g/mol. The summed E-state index contributed by atoms with van der Waals surface area (Å²) in [6.07, 6.45) is 1.19. The molecule has 1 aromatic heterocycles. The van der Waals surface area contributed by atoms with Crippen molar-refractivity contribution in [1.82, 2.24) is 4.98 Å². The van der Waals surface area contributed by atoms with Gasteiger partial charge >= 0.3 is 0 Å². The molecule has 12 heavy (non-hydrogen) atoms. The lowest BCUT2D eigenvalue weighted by Gasteiger charge is -2.00. The number of aliphatic hydroxyl groups is 1. The molecule has 68 valence electrons. The van der Waals surface area contributed by atoms with E-state index in [2.05, 4.69) is 4.98 Å². The van der Waals surface area contributed by atoms with Gasteiger partial charge in [0.25, 0.3) is 10.1 Å². The van der Waals surface area contributed by atoms with Crippen molar-refractivity contribution in [3.05, 3.63) is 15.5 Å². The second-order valence-corrected chi connectivity index (χ2v) is 5.04. The molecule has 0 bridgehead atoms. The maximum absolute atomic E-state index is 10.4. The lowest BCUT2D eigenvalue weighted by atomic mass is 10.7. The Balaban J connectivity index is 3.01. The van der Waals surface area contributed by atoms with Crippen molar-refractivity contribution in [3.8, 4) is 0 Å². The fraction of sp³-hybridized carbons (Fsp3) is 0.250. The van der Waals surface area contributed by atoms with Crippen LogP contribution >= 0.6 is 22.9 Å². The maximum atomic E-state index is 10.4. The first-order valence-electron chi connectivity index (χ1n) is 2.67. The van der Waals surface area contributed by atoms with Crippen molar-refractivity contribution in [2.24, 2.45) is 0 Å². The van der Waals surface area contributed by atoms with E-state index in [1.165, 1.54) is 6.20 Å². The van der Waals surface area contributed by atoms with E-state index in [0.29, 0.717) is 0 Å². The van der Waals surface area contributed by atoms with Gasteiger partial charge in [0.1, 0.15) is 9.34 Å². The highest BCUT2D eigenvalue weighted by Crippen LogP contribution is 2.26. The Morgan fingerprint density at radius 2 is 2.25 bits per heavy atom. The summed E-state index contributed by atoms with van der Waals surface area (Å²) in [6.45, 7) is 0. The van der Waals surface area contributed by atoms with E-state index < -0.39 is 15.6 Å². The van der Waals surface area contributed by atoms with E-state index >= 15 is 0 Å². The summed E-state index contributed by atoms with van der Waals surface area (Å²) in [4.78, 5) is 3.48. The second-order valence-electron chi connectivity index (χ2n) is 1.87. The standard InChI is InChI=1S/C4H4ClNO4S2/c5-2-1-6-3(11-2)4(7)12(8,9)10/h1,4,7H,(H,8,9,10). The van der Waals surface area contributed by atoms with E-state index in [1.54, 1.807) is 0 Å². The number of hydrogen-bond donors (Lipinski definition) is 2. The monoisotopic (exact) mass is 229 g/mol. The molecule has 1 aromatic rings. The largest absolute Gasteiger partial charge is 0.370 e. The zero-order chi connectivity index (χ0) is 9.35. The molecular weight excluding hydrogens is 226 g/mol. The molecule has 5 nitrogen and oxygen atoms in total. The summed E-state index contributed by atoms with van der Waals surface area (Å²) in [5.74, 6) is 0. The summed E-state index contributed by atoms with van der Waals surface area (Å²) in [7, 11) is -4.50. The van der Waals surface area contributed by atoms with Crippen LogP contribution in [0.3, 0.4) is 0 Å². The third kappa shape index (κ3) is 2.14. The van der Waals surface area contributed by atoms with Crippen LogP contribution in [0.4, 0.5) is 0 Å². The smallest absolute Gasteiger partial charge is 0.298 e. The molecule has 0 aliphatic heterocycles. The van der Waals surface area contributed by atoms with Gasteiger partial charge in [0.05, 0.1) is 6.20 Å². The van der Waals surface area contributed by atoms with Gasteiger partial charge in [-0.05, 0) is 0 Å². The summed E-state index contributed by atoms with van der Waals surface area (Å²) in [6, 6.07) is 0. The second kappa shape index (κ2) is 3.27. The third-order valence-electron chi connectivity index (χ3n) is 0.989. The Morgan fingerprint density at radius 1 is 1.67 bits per heavy atom. The Hall–Kier alpha value is -0.210.